The van der Waals surface area contributed by atoms with Crippen LogP contribution in [0.25, 0.3) is 11.1 Å². The van der Waals surface area contributed by atoms with Crippen molar-refractivity contribution in [2.24, 2.45) is 11.8 Å². The zero-order valence-corrected chi connectivity index (χ0v) is 18.2. The van der Waals surface area contributed by atoms with Gasteiger partial charge in [-0.1, -0.05) is 6.92 Å². The number of fused-ring (bicyclic) bond motifs is 6. The van der Waals surface area contributed by atoms with E-state index in [1.165, 1.54) is 7.11 Å². The van der Waals surface area contributed by atoms with E-state index in [-0.39, 0.29) is 23.5 Å². The standard InChI is InChI=1S/C23H28O7/c1-11-13-7-12-8-15(25-2)22(28-5)23(29-6)17(12)18-14(20(11)30-10-13)9-16(26-3)21(27-4)19(18)24/h8-9,11,13,20,24H,7,10H2,1-6H3/t11-,13+,20-/m1/s1. The zero-order chi connectivity index (χ0) is 21.6. The number of benzene rings is 2. The fourth-order valence-corrected chi connectivity index (χ4v) is 4.80. The molecule has 2 aromatic carbocycles. The smallest absolute Gasteiger partial charge is 0.203 e. The monoisotopic (exact) mass is 416 g/mol. The molecule has 2 aromatic rings. The normalized spacial score (nSPS) is 21.7. The van der Waals surface area contributed by atoms with Crippen LogP contribution in [0.4, 0.5) is 0 Å². The Labute approximate surface area is 176 Å². The number of aromatic hydroxyl groups is 1. The molecule has 1 heterocycles. The van der Waals surface area contributed by atoms with Crippen molar-refractivity contribution in [1.29, 1.82) is 0 Å². The van der Waals surface area contributed by atoms with Gasteiger partial charge < -0.3 is 33.5 Å². The number of ether oxygens (including phenoxy) is 6. The van der Waals surface area contributed by atoms with Gasteiger partial charge in [-0.05, 0) is 41.5 Å². The second-order valence-corrected chi connectivity index (χ2v) is 7.68. The fourth-order valence-electron chi connectivity index (χ4n) is 4.80. The first-order valence-electron chi connectivity index (χ1n) is 9.92. The van der Waals surface area contributed by atoms with Crippen molar-refractivity contribution >= 4 is 0 Å². The molecule has 0 radical (unpaired) electrons. The predicted molar refractivity (Wildman–Crippen MR) is 111 cm³/mol. The lowest BCUT2D eigenvalue weighted by Gasteiger charge is -2.30. The second-order valence-electron chi connectivity index (χ2n) is 7.68. The summed E-state index contributed by atoms with van der Waals surface area (Å²) >= 11 is 0. The first kappa shape index (κ1) is 20.5. The fraction of sp³-hybridized carbons (Fsp3) is 0.478. The average molecular weight is 416 g/mol. The van der Waals surface area contributed by atoms with Gasteiger partial charge in [-0.15, -0.1) is 0 Å². The Balaban J connectivity index is 2.15. The third kappa shape index (κ3) is 2.83. The summed E-state index contributed by atoms with van der Waals surface area (Å²) in [6, 6.07) is 3.85. The molecule has 0 aromatic heterocycles. The molecule has 1 aliphatic heterocycles. The van der Waals surface area contributed by atoms with Crippen LogP contribution in [0.1, 0.15) is 24.2 Å². The van der Waals surface area contributed by atoms with Crippen molar-refractivity contribution in [2.45, 2.75) is 19.4 Å². The quantitative estimate of drug-likeness (QED) is 0.790. The number of hydrogen-bond acceptors (Lipinski definition) is 7. The molecule has 1 aliphatic carbocycles. The van der Waals surface area contributed by atoms with Gasteiger partial charge in [0.05, 0.1) is 48.3 Å². The van der Waals surface area contributed by atoms with Gasteiger partial charge in [-0.3, -0.25) is 0 Å². The third-order valence-corrected chi connectivity index (χ3v) is 6.34. The van der Waals surface area contributed by atoms with Crippen molar-refractivity contribution in [2.75, 3.05) is 42.2 Å². The molecule has 7 nitrogen and oxygen atoms in total. The summed E-state index contributed by atoms with van der Waals surface area (Å²) in [6.07, 6.45) is 0.582. The number of rotatable bonds is 5. The van der Waals surface area contributed by atoms with Gasteiger partial charge in [0.2, 0.25) is 11.5 Å². The molecule has 4 rings (SSSR count). The summed E-state index contributed by atoms with van der Waals surface area (Å²) in [5.41, 5.74) is 3.20. The van der Waals surface area contributed by atoms with Crippen LogP contribution in [0, 0.1) is 11.8 Å². The number of phenols is 1. The minimum Gasteiger partial charge on any atom is -0.504 e. The molecule has 162 valence electrons. The molecule has 0 spiro atoms. The Hall–Kier alpha value is -2.80. The van der Waals surface area contributed by atoms with Crippen molar-refractivity contribution in [3.8, 4) is 45.6 Å². The highest BCUT2D eigenvalue weighted by Gasteiger charge is 2.42. The van der Waals surface area contributed by atoms with Crippen LogP contribution in [0.5, 0.6) is 34.5 Å². The second kappa shape index (κ2) is 7.80. The maximum atomic E-state index is 11.3. The Kier molecular flexibility index (Phi) is 5.32. The van der Waals surface area contributed by atoms with Gasteiger partial charge in [0.1, 0.15) is 0 Å². The van der Waals surface area contributed by atoms with Gasteiger partial charge in [-0.2, -0.15) is 0 Å². The lowest BCUT2D eigenvalue weighted by atomic mass is 9.77. The highest BCUT2D eigenvalue weighted by molar-refractivity contribution is 5.88. The summed E-state index contributed by atoms with van der Waals surface area (Å²) in [5, 5.41) is 11.3. The Bertz CT molecular complexity index is 969. The molecular formula is C23H28O7. The molecule has 0 saturated carbocycles. The van der Waals surface area contributed by atoms with E-state index in [1.54, 1.807) is 28.4 Å². The van der Waals surface area contributed by atoms with E-state index in [9.17, 15) is 5.11 Å². The van der Waals surface area contributed by atoms with Crippen molar-refractivity contribution in [1.82, 2.24) is 0 Å². The van der Waals surface area contributed by atoms with Crippen LogP contribution in [0.3, 0.4) is 0 Å². The van der Waals surface area contributed by atoms with Crippen LogP contribution in [0.2, 0.25) is 0 Å². The molecule has 0 unspecified atom stereocenters. The molecule has 1 fully saturated rings. The molecule has 30 heavy (non-hydrogen) atoms. The molecule has 0 amide bonds. The minimum absolute atomic E-state index is 0.0141. The predicted octanol–water partition coefficient (Wildman–Crippen LogP) is 3.98. The average Bonchev–Trinajstić information content (AvgIpc) is 3.14. The topological polar surface area (TPSA) is 75.6 Å². The highest BCUT2D eigenvalue weighted by atomic mass is 16.5. The molecule has 2 bridgehead atoms. The van der Waals surface area contributed by atoms with Crippen LogP contribution in [-0.4, -0.2) is 47.3 Å². The first-order chi connectivity index (χ1) is 14.5. The molecule has 2 aliphatic rings. The lowest BCUT2D eigenvalue weighted by molar-refractivity contribution is 0.0936. The molecule has 7 heteroatoms. The van der Waals surface area contributed by atoms with Crippen LogP contribution < -0.4 is 23.7 Å². The summed E-state index contributed by atoms with van der Waals surface area (Å²) in [5.74, 6) is 2.84. The van der Waals surface area contributed by atoms with Gasteiger partial charge >= 0.3 is 0 Å². The van der Waals surface area contributed by atoms with Crippen LogP contribution in [-0.2, 0) is 11.2 Å². The van der Waals surface area contributed by atoms with Gasteiger partial charge in [0.25, 0.3) is 0 Å². The Morgan fingerprint density at radius 2 is 1.47 bits per heavy atom. The Morgan fingerprint density at radius 3 is 2.07 bits per heavy atom. The van der Waals surface area contributed by atoms with E-state index >= 15 is 0 Å². The molecule has 1 N–H and O–H groups in total. The zero-order valence-electron chi connectivity index (χ0n) is 18.2. The van der Waals surface area contributed by atoms with Crippen molar-refractivity contribution < 1.29 is 33.5 Å². The van der Waals surface area contributed by atoms with E-state index in [4.69, 9.17) is 28.4 Å². The summed E-state index contributed by atoms with van der Waals surface area (Å²) in [4.78, 5) is 0. The molecule has 3 atom stereocenters. The minimum atomic E-state index is -0.179. The lowest BCUT2D eigenvalue weighted by Crippen LogP contribution is -2.18. The van der Waals surface area contributed by atoms with E-state index in [0.717, 1.165) is 23.1 Å². The number of methoxy groups -OCH3 is 5. The highest BCUT2D eigenvalue weighted by Crippen LogP contribution is 2.58. The van der Waals surface area contributed by atoms with E-state index in [0.29, 0.717) is 41.1 Å². The molecule has 1 saturated heterocycles. The van der Waals surface area contributed by atoms with Gasteiger partial charge in [0, 0.05) is 11.1 Å². The van der Waals surface area contributed by atoms with Crippen LogP contribution in [0.15, 0.2) is 12.1 Å². The maximum absolute atomic E-state index is 11.3. The summed E-state index contributed by atoms with van der Waals surface area (Å²) in [6.45, 7) is 2.82. The van der Waals surface area contributed by atoms with E-state index < -0.39 is 0 Å². The number of phenolic OH excluding ortho intramolecular Hbond substituents is 1. The summed E-state index contributed by atoms with van der Waals surface area (Å²) in [7, 11) is 7.81. The summed E-state index contributed by atoms with van der Waals surface area (Å²) < 4.78 is 34.2. The maximum Gasteiger partial charge on any atom is 0.203 e. The van der Waals surface area contributed by atoms with Crippen LogP contribution >= 0.6 is 0 Å². The van der Waals surface area contributed by atoms with Crippen molar-refractivity contribution in [3.05, 3.63) is 23.3 Å². The van der Waals surface area contributed by atoms with E-state index in [1.807, 2.05) is 12.1 Å². The van der Waals surface area contributed by atoms with Crippen molar-refractivity contribution in [3.63, 3.8) is 0 Å². The largest absolute Gasteiger partial charge is 0.504 e. The third-order valence-electron chi connectivity index (χ3n) is 6.34. The molecular weight excluding hydrogens is 388 g/mol. The van der Waals surface area contributed by atoms with Gasteiger partial charge in [-0.25, -0.2) is 0 Å². The van der Waals surface area contributed by atoms with Gasteiger partial charge in [0.15, 0.2) is 23.0 Å². The Morgan fingerprint density at radius 1 is 0.833 bits per heavy atom. The number of hydrogen-bond donors (Lipinski definition) is 1. The first-order valence-corrected chi connectivity index (χ1v) is 9.92. The SMILES string of the molecule is COc1cc2c(c(O)c1OC)-c1c(cc(OC)c(OC)c1OC)C[C@H]1CO[C@@H]2[C@@H]1C. The van der Waals surface area contributed by atoms with E-state index in [2.05, 4.69) is 6.92 Å².